The number of nitrogens with one attached hydrogen (secondary N) is 3. The molecule has 3 atom stereocenters. The third kappa shape index (κ3) is 3.36. The molecule has 4 rings (SSSR count). The van der Waals surface area contributed by atoms with Gasteiger partial charge in [-0.1, -0.05) is 48.5 Å². The fraction of sp³-hybridized carbons (Fsp3) is 0.286. The molecule has 0 radical (unpaired) electrons. The zero-order chi connectivity index (χ0) is 17.9. The van der Waals surface area contributed by atoms with Crippen LogP contribution in [-0.2, 0) is 4.79 Å². The van der Waals surface area contributed by atoms with E-state index in [0.29, 0.717) is 19.5 Å². The van der Waals surface area contributed by atoms with Gasteiger partial charge in [0.25, 0.3) is 0 Å². The molecule has 5 nitrogen and oxygen atoms in total. The van der Waals surface area contributed by atoms with Crippen molar-refractivity contribution in [3.05, 3.63) is 71.9 Å². The van der Waals surface area contributed by atoms with Gasteiger partial charge in [-0.25, -0.2) is 0 Å². The number of para-hydroxylation sites is 1. The molecule has 134 valence electrons. The number of amides is 1. The van der Waals surface area contributed by atoms with Crippen molar-refractivity contribution in [2.75, 3.05) is 13.1 Å². The zero-order valence-corrected chi connectivity index (χ0v) is 14.5. The van der Waals surface area contributed by atoms with E-state index in [0.717, 1.165) is 11.1 Å². The van der Waals surface area contributed by atoms with E-state index in [1.54, 1.807) is 0 Å². The zero-order valence-electron chi connectivity index (χ0n) is 14.5. The van der Waals surface area contributed by atoms with Gasteiger partial charge in [-0.15, -0.1) is 0 Å². The first-order valence-corrected chi connectivity index (χ1v) is 9.02. The van der Waals surface area contributed by atoms with Crippen LogP contribution in [0.15, 0.2) is 60.8 Å². The number of carbonyl (C=O) groups excluding carboxylic acids is 1. The number of aliphatic hydroxyl groups excluding tert-OH is 1. The van der Waals surface area contributed by atoms with Crippen molar-refractivity contribution in [1.29, 1.82) is 0 Å². The first-order valence-electron chi connectivity index (χ1n) is 9.02. The molecule has 1 aliphatic heterocycles. The lowest BCUT2D eigenvalue weighted by atomic mass is 9.91. The highest BCUT2D eigenvalue weighted by Crippen LogP contribution is 2.30. The molecule has 0 aliphatic carbocycles. The predicted molar refractivity (Wildman–Crippen MR) is 102 cm³/mol. The summed E-state index contributed by atoms with van der Waals surface area (Å²) in [5.41, 5.74) is 3.43. The van der Waals surface area contributed by atoms with Crippen molar-refractivity contribution in [3.8, 4) is 0 Å². The number of aromatic amines is 1. The number of rotatable bonds is 5. The molecule has 3 unspecified atom stereocenters. The van der Waals surface area contributed by atoms with Crippen molar-refractivity contribution >= 4 is 16.8 Å². The summed E-state index contributed by atoms with van der Waals surface area (Å²) >= 11 is 0. The molecular formula is C21H23N3O2. The lowest BCUT2D eigenvalue weighted by molar-refractivity contribution is -0.122. The lowest BCUT2D eigenvalue weighted by Crippen LogP contribution is -2.42. The third-order valence-electron chi connectivity index (χ3n) is 5.10. The van der Waals surface area contributed by atoms with Gasteiger partial charge < -0.3 is 20.7 Å². The summed E-state index contributed by atoms with van der Waals surface area (Å²) in [5, 5.41) is 16.9. The van der Waals surface area contributed by atoms with E-state index < -0.39 is 6.10 Å². The van der Waals surface area contributed by atoms with Gasteiger partial charge in [0.15, 0.2) is 0 Å². The number of H-pyrrole nitrogens is 1. The second kappa shape index (κ2) is 7.32. The average Bonchev–Trinajstić information content (AvgIpc) is 3.29. The Bertz CT molecular complexity index is 890. The largest absolute Gasteiger partial charge is 0.392 e. The van der Waals surface area contributed by atoms with Crippen LogP contribution in [0, 0.1) is 0 Å². The number of hydrogen-bond donors (Lipinski definition) is 4. The Morgan fingerprint density at radius 1 is 1.15 bits per heavy atom. The van der Waals surface area contributed by atoms with Crippen LogP contribution in [0.2, 0.25) is 0 Å². The van der Waals surface area contributed by atoms with Gasteiger partial charge in [0.2, 0.25) is 5.91 Å². The molecule has 1 aliphatic rings. The highest BCUT2D eigenvalue weighted by Gasteiger charge is 2.28. The fourth-order valence-electron chi connectivity index (χ4n) is 3.72. The van der Waals surface area contributed by atoms with Gasteiger partial charge in [-0.2, -0.15) is 0 Å². The summed E-state index contributed by atoms with van der Waals surface area (Å²) in [7, 11) is 0. The average molecular weight is 349 g/mol. The molecule has 1 saturated heterocycles. The molecule has 2 aromatic carbocycles. The molecule has 0 saturated carbocycles. The third-order valence-corrected chi connectivity index (χ3v) is 5.10. The standard InChI is InChI=1S/C21H23N3O2/c25-15-10-20(22-11-15)21(26)24-12-17(14-6-2-1-3-7-14)18-13-23-19-9-5-4-8-16(18)19/h1-9,13,15,17,20,22-23,25H,10-12H2,(H,24,26). The Morgan fingerprint density at radius 2 is 1.92 bits per heavy atom. The van der Waals surface area contributed by atoms with Gasteiger partial charge in [0.05, 0.1) is 12.1 Å². The van der Waals surface area contributed by atoms with Crippen LogP contribution < -0.4 is 10.6 Å². The summed E-state index contributed by atoms with van der Waals surface area (Å²) in [5.74, 6) is 0.00458. The first kappa shape index (κ1) is 16.8. The smallest absolute Gasteiger partial charge is 0.237 e. The van der Waals surface area contributed by atoms with Gasteiger partial charge in [-0.05, 0) is 23.6 Å². The van der Waals surface area contributed by atoms with Gasteiger partial charge >= 0.3 is 0 Å². The molecule has 3 aromatic rings. The quantitative estimate of drug-likeness (QED) is 0.570. The summed E-state index contributed by atoms with van der Waals surface area (Å²) in [6, 6.07) is 18.1. The maximum atomic E-state index is 12.5. The van der Waals surface area contributed by atoms with E-state index in [9.17, 15) is 9.90 Å². The van der Waals surface area contributed by atoms with Crippen molar-refractivity contribution in [1.82, 2.24) is 15.6 Å². The molecule has 4 N–H and O–H groups in total. The lowest BCUT2D eigenvalue weighted by Gasteiger charge is -2.19. The summed E-state index contributed by atoms with van der Waals surface area (Å²) in [6.45, 7) is 0.988. The molecule has 26 heavy (non-hydrogen) atoms. The maximum Gasteiger partial charge on any atom is 0.237 e. The van der Waals surface area contributed by atoms with Crippen LogP contribution in [0.25, 0.3) is 10.9 Å². The number of benzene rings is 2. The van der Waals surface area contributed by atoms with Crippen molar-refractivity contribution < 1.29 is 9.90 Å². The maximum absolute atomic E-state index is 12.5. The van der Waals surface area contributed by atoms with Crippen LogP contribution in [-0.4, -0.2) is 41.2 Å². The summed E-state index contributed by atoms with van der Waals surface area (Å²) in [4.78, 5) is 15.8. The molecule has 1 amide bonds. The minimum absolute atomic E-state index is 0.0534. The van der Waals surface area contributed by atoms with Crippen LogP contribution >= 0.6 is 0 Å². The normalized spacial score (nSPS) is 21.0. The molecule has 0 spiro atoms. The number of hydrogen-bond acceptors (Lipinski definition) is 3. The van der Waals surface area contributed by atoms with Gasteiger partial charge in [-0.3, -0.25) is 4.79 Å². The van der Waals surface area contributed by atoms with Crippen molar-refractivity contribution in [3.63, 3.8) is 0 Å². The van der Waals surface area contributed by atoms with Crippen LogP contribution in [0.3, 0.4) is 0 Å². The Morgan fingerprint density at radius 3 is 2.69 bits per heavy atom. The summed E-state index contributed by atoms with van der Waals surface area (Å²) < 4.78 is 0. The predicted octanol–water partition coefficient (Wildman–Crippen LogP) is 2.14. The van der Waals surface area contributed by atoms with E-state index in [-0.39, 0.29) is 17.9 Å². The fourth-order valence-corrected chi connectivity index (χ4v) is 3.72. The number of carbonyl (C=O) groups is 1. The molecule has 2 heterocycles. The first-order chi connectivity index (χ1) is 12.7. The number of β-amino-alcohol motifs (C(OH)–C–C–N with tert-alkyl or cyclic N) is 1. The Hall–Kier alpha value is -2.63. The number of fused-ring (bicyclic) bond motifs is 1. The SMILES string of the molecule is O=C(NCC(c1ccccc1)c1c[nH]c2ccccc12)C1CC(O)CN1. The van der Waals surface area contributed by atoms with Gasteiger partial charge in [0, 0.05) is 36.1 Å². The molecule has 5 heteroatoms. The Kier molecular flexibility index (Phi) is 4.73. The topological polar surface area (TPSA) is 77.2 Å². The summed E-state index contributed by atoms with van der Waals surface area (Å²) in [6.07, 6.45) is 2.06. The molecular weight excluding hydrogens is 326 g/mol. The minimum atomic E-state index is -0.440. The van der Waals surface area contributed by atoms with E-state index >= 15 is 0 Å². The minimum Gasteiger partial charge on any atom is -0.392 e. The highest BCUT2D eigenvalue weighted by molar-refractivity contribution is 5.85. The second-order valence-corrected chi connectivity index (χ2v) is 6.85. The van der Waals surface area contributed by atoms with E-state index in [1.165, 1.54) is 10.9 Å². The van der Waals surface area contributed by atoms with E-state index in [2.05, 4.69) is 39.9 Å². The molecule has 1 aromatic heterocycles. The van der Waals surface area contributed by atoms with Crippen LogP contribution in [0.4, 0.5) is 0 Å². The van der Waals surface area contributed by atoms with Gasteiger partial charge in [0.1, 0.15) is 0 Å². The number of aromatic nitrogens is 1. The van der Waals surface area contributed by atoms with Crippen molar-refractivity contribution in [2.45, 2.75) is 24.5 Å². The van der Waals surface area contributed by atoms with Crippen molar-refractivity contribution in [2.24, 2.45) is 0 Å². The van der Waals surface area contributed by atoms with Crippen LogP contribution in [0.5, 0.6) is 0 Å². The van der Waals surface area contributed by atoms with E-state index in [1.807, 2.05) is 36.5 Å². The van der Waals surface area contributed by atoms with E-state index in [4.69, 9.17) is 0 Å². The number of aliphatic hydroxyl groups is 1. The Balaban J connectivity index is 1.59. The molecule has 1 fully saturated rings. The molecule has 0 bridgehead atoms. The van der Waals surface area contributed by atoms with Crippen LogP contribution in [0.1, 0.15) is 23.5 Å². The monoisotopic (exact) mass is 349 g/mol. The Labute approximate surface area is 152 Å². The highest BCUT2D eigenvalue weighted by atomic mass is 16.3. The second-order valence-electron chi connectivity index (χ2n) is 6.85.